The molecule has 0 unspecified atom stereocenters. The Balaban J connectivity index is 1.33. The van der Waals surface area contributed by atoms with Gasteiger partial charge < -0.3 is 4.90 Å². The third-order valence-electron chi connectivity index (χ3n) is 5.73. The molecule has 3 heterocycles. The first-order chi connectivity index (χ1) is 14.8. The topological polar surface area (TPSA) is 76.3 Å². The number of amides is 1. The summed E-state index contributed by atoms with van der Waals surface area (Å²) < 4.78 is 3.27. The number of carbonyl (C=O) groups is 1. The number of carbonyl (C=O) groups excluding carboxylic acids is 1. The molecule has 3 aromatic rings. The van der Waals surface area contributed by atoms with Gasteiger partial charge in [0.25, 0.3) is 5.56 Å². The quantitative estimate of drug-likeness (QED) is 0.629. The molecular formula is C23H30N6O2. The van der Waals surface area contributed by atoms with Gasteiger partial charge in [0.15, 0.2) is 5.65 Å². The van der Waals surface area contributed by atoms with Crippen LogP contribution in [0.25, 0.3) is 11.0 Å². The molecule has 2 aromatic heterocycles. The fourth-order valence-corrected chi connectivity index (χ4v) is 3.97. The van der Waals surface area contributed by atoms with Gasteiger partial charge in [-0.05, 0) is 26.3 Å². The van der Waals surface area contributed by atoms with Crippen LogP contribution in [0.4, 0.5) is 0 Å². The lowest BCUT2D eigenvalue weighted by atomic mass is 10.1. The highest BCUT2D eigenvalue weighted by Gasteiger charge is 2.22. The summed E-state index contributed by atoms with van der Waals surface area (Å²) in [5.41, 5.74) is 1.46. The van der Waals surface area contributed by atoms with Crippen LogP contribution in [-0.4, -0.2) is 61.2 Å². The minimum atomic E-state index is -0.258. The molecule has 0 spiro atoms. The highest BCUT2D eigenvalue weighted by Crippen LogP contribution is 2.17. The normalized spacial score (nSPS) is 15.5. The standard InChI is InChI=1S/C23H30N6O2/c1-23(2,3)29-21-19(15-25-29)22(31)28(17-24-21)10-9-20(30)27-13-11-26(12-14-27)16-18-7-5-4-6-8-18/h4-8,15,17H,9-14,16H2,1-3H3. The van der Waals surface area contributed by atoms with Crippen LogP contribution in [0.5, 0.6) is 0 Å². The molecule has 31 heavy (non-hydrogen) atoms. The van der Waals surface area contributed by atoms with Crippen LogP contribution in [0.15, 0.2) is 47.7 Å². The van der Waals surface area contributed by atoms with Gasteiger partial charge in [-0.3, -0.25) is 19.1 Å². The second-order valence-electron chi connectivity index (χ2n) is 9.10. The maximum atomic E-state index is 12.8. The van der Waals surface area contributed by atoms with Crippen molar-refractivity contribution in [3.05, 3.63) is 58.8 Å². The fourth-order valence-electron chi connectivity index (χ4n) is 3.97. The number of benzene rings is 1. The third kappa shape index (κ3) is 4.69. The Kier molecular flexibility index (Phi) is 5.91. The second-order valence-corrected chi connectivity index (χ2v) is 9.10. The van der Waals surface area contributed by atoms with Crippen molar-refractivity contribution in [3.63, 3.8) is 0 Å². The predicted octanol–water partition coefficient (Wildman–Crippen LogP) is 2.08. The molecule has 164 valence electrons. The summed E-state index contributed by atoms with van der Waals surface area (Å²) in [6.07, 6.45) is 3.39. The molecule has 4 rings (SSSR count). The Morgan fingerprint density at radius 3 is 2.45 bits per heavy atom. The van der Waals surface area contributed by atoms with Crippen LogP contribution in [-0.2, 0) is 23.4 Å². The van der Waals surface area contributed by atoms with Gasteiger partial charge in [0.1, 0.15) is 5.39 Å². The largest absolute Gasteiger partial charge is 0.340 e. The van der Waals surface area contributed by atoms with Gasteiger partial charge in [0, 0.05) is 45.7 Å². The van der Waals surface area contributed by atoms with E-state index in [9.17, 15) is 9.59 Å². The van der Waals surface area contributed by atoms with Crippen molar-refractivity contribution in [2.24, 2.45) is 0 Å². The number of hydrogen-bond donors (Lipinski definition) is 0. The monoisotopic (exact) mass is 422 g/mol. The van der Waals surface area contributed by atoms with Gasteiger partial charge >= 0.3 is 0 Å². The molecule has 1 aliphatic heterocycles. The fraction of sp³-hybridized carbons (Fsp3) is 0.478. The first-order valence-corrected chi connectivity index (χ1v) is 10.8. The molecule has 1 fully saturated rings. The van der Waals surface area contributed by atoms with E-state index in [1.807, 2.05) is 31.7 Å². The Hall–Kier alpha value is -3.00. The van der Waals surface area contributed by atoms with E-state index in [-0.39, 0.29) is 17.0 Å². The Morgan fingerprint density at radius 1 is 1.06 bits per heavy atom. The smallest absolute Gasteiger partial charge is 0.264 e. The summed E-state index contributed by atoms with van der Waals surface area (Å²) in [7, 11) is 0. The summed E-state index contributed by atoms with van der Waals surface area (Å²) in [5.74, 6) is 0.0803. The zero-order valence-corrected chi connectivity index (χ0v) is 18.5. The van der Waals surface area contributed by atoms with Crippen molar-refractivity contribution in [3.8, 4) is 0 Å². The second kappa shape index (κ2) is 8.63. The molecule has 1 amide bonds. The molecular weight excluding hydrogens is 392 g/mol. The summed E-state index contributed by atoms with van der Waals surface area (Å²) in [4.78, 5) is 34.2. The van der Waals surface area contributed by atoms with Crippen LogP contribution < -0.4 is 5.56 Å². The molecule has 0 radical (unpaired) electrons. The summed E-state index contributed by atoms with van der Waals surface area (Å²) in [5, 5.41) is 4.82. The van der Waals surface area contributed by atoms with Crippen LogP contribution in [0, 0.1) is 0 Å². The van der Waals surface area contributed by atoms with Crippen molar-refractivity contribution in [2.45, 2.75) is 45.8 Å². The molecule has 0 bridgehead atoms. The third-order valence-corrected chi connectivity index (χ3v) is 5.73. The lowest BCUT2D eigenvalue weighted by Gasteiger charge is -2.34. The van der Waals surface area contributed by atoms with Crippen molar-refractivity contribution in [1.82, 2.24) is 29.1 Å². The summed E-state index contributed by atoms with van der Waals surface area (Å²) >= 11 is 0. The zero-order valence-electron chi connectivity index (χ0n) is 18.5. The molecule has 1 aliphatic rings. The van der Waals surface area contributed by atoms with E-state index in [0.717, 1.165) is 32.7 Å². The van der Waals surface area contributed by atoms with Gasteiger partial charge in [0.05, 0.1) is 18.1 Å². The molecule has 8 heteroatoms. The van der Waals surface area contributed by atoms with Crippen LogP contribution in [0.1, 0.15) is 32.8 Å². The number of aryl methyl sites for hydroxylation is 1. The van der Waals surface area contributed by atoms with E-state index >= 15 is 0 Å². The van der Waals surface area contributed by atoms with Gasteiger partial charge in [-0.2, -0.15) is 5.10 Å². The zero-order chi connectivity index (χ0) is 22.0. The number of rotatable bonds is 5. The SMILES string of the molecule is CC(C)(C)n1ncc2c(=O)n(CCC(=O)N3CCN(Cc4ccccc4)CC3)cnc21. The Bertz CT molecular complexity index is 1100. The number of hydrogen-bond acceptors (Lipinski definition) is 5. The van der Waals surface area contributed by atoms with E-state index in [0.29, 0.717) is 24.0 Å². The Labute approximate surface area is 182 Å². The molecule has 0 saturated carbocycles. The van der Waals surface area contributed by atoms with Crippen molar-refractivity contribution in [2.75, 3.05) is 26.2 Å². The minimum Gasteiger partial charge on any atom is -0.340 e. The van der Waals surface area contributed by atoms with Gasteiger partial charge in [-0.15, -0.1) is 0 Å². The molecule has 1 saturated heterocycles. The van der Waals surface area contributed by atoms with E-state index in [1.54, 1.807) is 10.9 Å². The number of fused-ring (bicyclic) bond motifs is 1. The molecule has 1 aromatic carbocycles. The predicted molar refractivity (Wildman–Crippen MR) is 120 cm³/mol. The number of nitrogens with zero attached hydrogens (tertiary/aromatic N) is 6. The minimum absolute atomic E-state index is 0.0803. The molecule has 0 aliphatic carbocycles. The first-order valence-electron chi connectivity index (χ1n) is 10.8. The lowest BCUT2D eigenvalue weighted by molar-refractivity contribution is -0.133. The molecule has 0 atom stereocenters. The first kappa shape index (κ1) is 21.2. The average molecular weight is 423 g/mol. The Morgan fingerprint density at radius 2 is 1.77 bits per heavy atom. The van der Waals surface area contributed by atoms with E-state index in [4.69, 9.17) is 0 Å². The summed E-state index contributed by atoms with van der Waals surface area (Å²) in [6.45, 7) is 10.4. The van der Waals surface area contributed by atoms with E-state index < -0.39 is 0 Å². The van der Waals surface area contributed by atoms with Gasteiger partial charge in [0.2, 0.25) is 5.91 Å². The molecule has 0 N–H and O–H groups in total. The van der Waals surface area contributed by atoms with E-state index in [1.165, 1.54) is 16.5 Å². The van der Waals surface area contributed by atoms with Crippen LogP contribution >= 0.6 is 0 Å². The number of piperazine rings is 1. The van der Waals surface area contributed by atoms with Gasteiger partial charge in [-0.25, -0.2) is 9.67 Å². The highest BCUT2D eigenvalue weighted by atomic mass is 16.2. The lowest BCUT2D eigenvalue weighted by Crippen LogP contribution is -2.48. The van der Waals surface area contributed by atoms with Crippen molar-refractivity contribution >= 4 is 16.9 Å². The van der Waals surface area contributed by atoms with Crippen molar-refractivity contribution < 1.29 is 4.79 Å². The van der Waals surface area contributed by atoms with Crippen LogP contribution in [0.2, 0.25) is 0 Å². The van der Waals surface area contributed by atoms with Gasteiger partial charge in [-0.1, -0.05) is 30.3 Å². The molecule has 8 nitrogen and oxygen atoms in total. The van der Waals surface area contributed by atoms with E-state index in [2.05, 4.69) is 39.2 Å². The number of aromatic nitrogens is 4. The maximum absolute atomic E-state index is 12.8. The van der Waals surface area contributed by atoms with Crippen molar-refractivity contribution in [1.29, 1.82) is 0 Å². The highest BCUT2D eigenvalue weighted by molar-refractivity contribution is 5.76. The van der Waals surface area contributed by atoms with Crippen LogP contribution in [0.3, 0.4) is 0 Å². The summed E-state index contributed by atoms with van der Waals surface area (Å²) in [6, 6.07) is 10.4. The maximum Gasteiger partial charge on any atom is 0.264 e. The average Bonchev–Trinajstić information content (AvgIpc) is 3.20.